The third kappa shape index (κ3) is 5.56. The van der Waals surface area contributed by atoms with Crippen molar-refractivity contribution in [2.75, 3.05) is 28.9 Å². The van der Waals surface area contributed by atoms with Crippen molar-refractivity contribution in [3.05, 3.63) is 59.7 Å². The lowest BCUT2D eigenvalue weighted by atomic mass is 10.0. The first-order valence-electron chi connectivity index (χ1n) is 9.52. The zero-order valence-corrected chi connectivity index (χ0v) is 17.7. The second-order valence-electron chi connectivity index (χ2n) is 6.56. The molecule has 1 atom stereocenters. The van der Waals surface area contributed by atoms with Gasteiger partial charge >= 0.3 is 0 Å². The fraction of sp³-hybridized carbons (Fsp3) is 0.381. The second kappa shape index (κ2) is 9.71. The number of anilines is 2. The number of rotatable bonds is 9. The molecule has 7 heteroatoms. The fourth-order valence-electron chi connectivity index (χ4n) is 3.06. The number of nitrogens with one attached hydrogen (secondary N) is 2. The van der Waals surface area contributed by atoms with Gasteiger partial charge in [-0.25, -0.2) is 8.42 Å². The van der Waals surface area contributed by atoms with Gasteiger partial charge in [-0.15, -0.1) is 0 Å². The van der Waals surface area contributed by atoms with Crippen LogP contribution in [0.5, 0.6) is 0 Å². The Morgan fingerprint density at radius 2 is 1.68 bits per heavy atom. The van der Waals surface area contributed by atoms with E-state index in [4.69, 9.17) is 0 Å². The van der Waals surface area contributed by atoms with Crippen LogP contribution in [-0.4, -0.2) is 38.1 Å². The van der Waals surface area contributed by atoms with Crippen molar-refractivity contribution in [2.24, 2.45) is 0 Å². The Bertz CT molecular complexity index is 894. The van der Waals surface area contributed by atoms with Gasteiger partial charge in [0, 0.05) is 5.69 Å². The highest BCUT2D eigenvalue weighted by molar-refractivity contribution is 7.92. The molecule has 2 N–H and O–H groups in total. The van der Waals surface area contributed by atoms with E-state index < -0.39 is 16.1 Å². The molecule has 0 bridgehead atoms. The standard InChI is InChI=1S/C21H29N3O3S/c1-5-24(6-2)20(17-11-9-8-10-12-17)21(25)22-18-13-14-19(16(4)15-18)23-28(26,27)7-3/h8-15,20,23H,5-7H2,1-4H3,(H,22,25). The highest BCUT2D eigenvalue weighted by Gasteiger charge is 2.26. The van der Waals surface area contributed by atoms with E-state index in [1.165, 1.54) is 0 Å². The smallest absolute Gasteiger partial charge is 0.246 e. The number of sulfonamides is 1. The van der Waals surface area contributed by atoms with Crippen LogP contribution >= 0.6 is 0 Å². The molecule has 0 spiro atoms. The molecule has 0 heterocycles. The normalized spacial score (nSPS) is 12.6. The van der Waals surface area contributed by atoms with Crippen LogP contribution in [0.3, 0.4) is 0 Å². The molecule has 152 valence electrons. The molecule has 0 aliphatic heterocycles. The van der Waals surface area contributed by atoms with Gasteiger partial charge in [0.2, 0.25) is 15.9 Å². The average molecular weight is 404 g/mol. The molecule has 28 heavy (non-hydrogen) atoms. The van der Waals surface area contributed by atoms with Crippen LogP contribution in [0.2, 0.25) is 0 Å². The minimum absolute atomic E-state index is 0.00749. The van der Waals surface area contributed by atoms with Gasteiger partial charge in [-0.2, -0.15) is 0 Å². The number of nitrogens with zero attached hydrogens (tertiary/aromatic N) is 1. The molecular weight excluding hydrogens is 374 g/mol. The van der Waals surface area contributed by atoms with Crippen LogP contribution < -0.4 is 10.0 Å². The van der Waals surface area contributed by atoms with Crippen molar-refractivity contribution in [3.8, 4) is 0 Å². The Balaban J connectivity index is 2.25. The van der Waals surface area contributed by atoms with Crippen molar-refractivity contribution in [3.63, 3.8) is 0 Å². The summed E-state index contributed by atoms with van der Waals surface area (Å²) in [7, 11) is -3.34. The Kier molecular flexibility index (Phi) is 7.60. The molecule has 6 nitrogen and oxygen atoms in total. The van der Waals surface area contributed by atoms with Gasteiger partial charge in [0.05, 0.1) is 11.4 Å². The van der Waals surface area contributed by atoms with Gasteiger partial charge in [-0.1, -0.05) is 44.2 Å². The van der Waals surface area contributed by atoms with Crippen molar-refractivity contribution >= 4 is 27.3 Å². The van der Waals surface area contributed by atoms with Crippen LogP contribution in [0.4, 0.5) is 11.4 Å². The summed E-state index contributed by atoms with van der Waals surface area (Å²) >= 11 is 0. The Hall–Kier alpha value is -2.38. The van der Waals surface area contributed by atoms with Crippen LogP contribution in [0.1, 0.15) is 37.9 Å². The van der Waals surface area contributed by atoms with Gasteiger partial charge in [-0.05, 0) is 56.3 Å². The fourth-order valence-corrected chi connectivity index (χ4v) is 3.77. The first-order valence-corrected chi connectivity index (χ1v) is 11.2. The van der Waals surface area contributed by atoms with Crippen LogP contribution in [0, 0.1) is 6.92 Å². The van der Waals surface area contributed by atoms with E-state index in [0.717, 1.165) is 24.2 Å². The molecule has 0 saturated carbocycles. The first kappa shape index (κ1) is 21.9. The van der Waals surface area contributed by atoms with Crippen LogP contribution in [-0.2, 0) is 14.8 Å². The Morgan fingerprint density at radius 1 is 1.04 bits per heavy atom. The van der Waals surface area contributed by atoms with Crippen molar-refractivity contribution in [1.82, 2.24) is 4.90 Å². The number of hydrogen-bond donors (Lipinski definition) is 2. The summed E-state index contributed by atoms with van der Waals surface area (Å²) < 4.78 is 26.1. The highest BCUT2D eigenvalue weighted by Crippen LogP contribution is 2.25. The number of carbonyl (C=O) groups is 1. The number of carbonyl (C=O) groups excluding carboxylic acids is 1. The predicted molar refractivity (Wildman–Crippen MR) is 115 cm³/mol. The second-order valence-corrected chi connectivity index (χ2v) is 8.57. The Morgan fingerprint density at radius 3 is 2.21 bits per heavy atom. The van der Waals surface area contributed by atoms with E-state index in [2.05, 4.69) is 14.9 Å². The third-order valence-corrected chi connectivity index (χ3v) is 5.97. The summed E-state index contributed by atoms with van der Waals surface area (Å²) in [6.07, 6.45) is 0. The topological polar surface area (TPSA) is 78.5 Å². The van der Waals surface area contributed by atoms with Gasteiger partial charge in [0.25, 0.3) is 0 Å². The molecule has 2 rings (SSSR count). The molecule has 2 aromatic rings. The minimum Gasteiger partial charge on any atom is -0.324 e. The average Bonchev–Trinajstić information content (AvgIpc) is 2.68. The maximum Gasteiger partial charge on any atom is 0.246 e. The predicted octanol–water partition coefficient (Wildman–Crippen LogP) is 3.78. The molecule has 0 fully saturated rings. The Labute approximate surface area is 168 Å². The zero-order chi connectivity index (χ0) is 20.7. The van der Waals surface area contributed by atoms with Crippen LogP contribution in [0.15, 0.2) is 48.5 Å². The lowest BCUT2D eigenvalue weighted by Crippen LogP contribution is -2.37. The SMILES string of the molecule is CCN(CC)C(C(=O)Nc1ccc(NS(=O)(=O)CC)c(C)c1)c1ccccc1. The molecule has 0 aliphatic carbocycles. The number of amides is 1. The highest BCUT2D eigenvalue weighted by atomic mass is 32.2. The summed E-state index contributed by atoms with van der Waals surface area (Å²) in [5.74, 6) is -0.107. The van der Waals surface area contributed by atoms with Crippen molar-refractivity contribution < 1.29 is 13.2 Å². The monoisotopic (exact) mass is 403 g/mol. The molecule has 1 unspecified atom stereocenters. The third-order valence-electron chi connectivity index (χ3n) is 4.68. The maximum absolute atomic E-state index is 13.1. The van der Waals surface area contributed by atoms with Crippen LogP contribution in [0.25, 0.3) is 0 Å². The van der Waals surface area contributed by atoms with E-state index in [-0.39, 0.29) is 11.7 Å². The largest absolute Gasteiger partial charge is 0.324 e. The molecule has 0 radical (unpaired) electrons. The lowest BCUT2D eigenvalue weighted by Gasteiger charge is -2.29. The number of likely N-dealkylation sites (N-methyl/N-ethyl adjacent to an activating group) is 1. The summed E-state index contributed by atoms with van der Waals surface area (Å²) in [6.45, 7) is 8.96. The minimum atomic E-state index is -3.34. The van der Waals surface area contributed by atoms with E-state index in [0.29, 0.717) is 11.4 Å². The maximum atomic E-state index is 13.1. The molecular formula is C21H29N3O3S. The number of aryl methyl sites for hydroxylation is 1. The van der Waals surface area contributed by atoms with E-state index in [9.17, 15) is 13.2 Å². The first-order chi connectivity index (χ1) is 13.3. The number of benzene rings is 2. The molecule has 1 amide bonds. The summed E-state index contributed by atoms with van der Waals surface area (Å²) in [5.41, 5.74) is 2.83. The quantitative estimate of drug-likeness (QED) is 0.668. The molecule has 0 saturated heterocycles. The van der Waals surface area contributed by atoms with E-state index in [1.807, 2.05) is 51.1 Å². The van der Waals surface area contributed by atoms with Crippen molar-refractivity contribution in [2.45, 2.75) is 33.7 Å². The van der Waals surface area contributed by atoms with E-state index >= 15 is 0 Å². The van der Waals surface area contributed by atoms with Gasteiger partial charge < -0.3 is 5.32 Å². The molecule has 2 aromatic carbocycles. The van der Waals surface area contributed by atoms with Gasteiger partial charge in [-0.3, -0.25) is 14.4 Å². The van der Waals surface area contributed by atoms with E-state index in [1.54, 1.807) is 25.1 Å². The summed E-state index contributed by atoms with van der Waals surface area (Å²) in [4.78, 5) is 15.2. The number of hydrogen-bond acceptors (Lipinski definition) is 4. The van der Waals surface area contributed by atoms with Gasteiger partial charge in [0.15, 0.2) is 0 Å². The summed E-state index contributed by atoms with van der Waals surface area (Å²) in [5, 5.41) is 2.98. The molecule has 0 aliphatic rings. The molecule has 0 aromatic heterocycles. The van der Waals surface area contributed by atoms with Crippen molar-refractivity contribution in [1.29, 1.82) is 0 Å². The van der Waals surface area contributed by atoms with Gasteiger partial charge in [0.1, 0.15) is 6.04 Å². The summed E-state index contributed by atoms with van der Waals surface area (Å²) in [6, 6.07) is 14.5. The zero-order valence-electron chi connectivity index (χ0n) is 16.9. The lowest BCUT2D eigenvalue weighted by molar-refractivity contribution is -0.121.